The second-order valence-electron chi connectivity index (χ2n) is 5.06. The minimum absolute atomic E-state index is 0.259. The molecule has 0 unspecified atom stereocenters. The molecule has 1 saturated heterocycles. The molecule has 1 aromatic rings. The number of ether oxygens (including phenoxy) is 1. The molecule has 2 rings (SSSR count). The summed E-state index contributed by atoms with van der Waals surface area (Å²) in [5.74, 6) is 1.62. The lowest BCUT2D eigenvalue weighted by atomic mass is 9.97. The second kappa shape index (κ2) is 6.45. The Kier molecular flexibility index (Phi) is 4.66. The molecule has 0 saturated carbocycles. The van der Waals surface area contributed by atoms with Crippen molar-refractivity contribution in [2.45, 2.75) is 26.2 Å². The van der Waals surface area contributed by atoms with Gasteiger partial charge in [0.05, 0.1) is 6.61 Å². The largest absolute Gasteiger partial charge is 0.493 e. The van der Waals surface area contributed by atoms with Crippen LogP contribution in [0.4, 0.5) is 5.69 Å². The molecule has 0 bridgehead atoms. The van der Waals surface area contributed by atoms with Crippen LogP contribution in [0.3, 0.4) is 0 Å². The zero-order valence-corrected chi connectivity index (χ0v) is 11.5. The van der Waals surface area contributed by atoms with E-state index in [1.807, 2.05) is 36.1 Å². The summed E-state index contributed by atoms with van der Waals surface area (Å²) in [6.07, 6.45) is 2.65. The highest BCUT2D eigenvalue weighted by Gasteiger charge is 2.22. The quantitative estimate of drug-likeness (QED) is 0.847. The van der Waals surface area contributed by atoms with Gasteiger partial charge in [-0.2, -0.15) is 0 Å². The summed E-state index contributed by atoms with van der Waals surface area (Å²) in [4.78, 5) is 13.5. The first-order chi connectivity index (χ1) is 9.19. The van der Waals surface area contributed by atoms with E-state index in [0.717, 1.165) is 37.4 Å². The molecule has 1 aliphatic rings. The molecule has 1 aromatic carbocycles. The molecule has 4 heteroatoms. The van der Waals surface area contributed by atoms with Crippen LogP contribution in [-0.4, -0.2) is 30.5 Å². The highest BCUT2D eigenvalue weighted by Crippen LogP contribution is 2.21. The number of nitrogen functional groups attached to an aromatic ring is 1. The summed E-state index contributed by atoms with van der Waals surface area (Å²) in [5.41, 5.74) is 6.43. The standard InChI is InChI=1S/C15H22N2O2/c1-2-15(18)17-8-6-12(7-9-17)11-19-14-5-3-4-13(16)10-14/h3-5,10,12H,2,6-9,11,16H2,1H3. The number of anilines is 1. The lowest BCUT2D eigenvalue weighted by molar-refractivity contribution is -0.132. The van der Waals surface area contributed by atoms with Gasteiger partial charge in [0.1, 0.15) is 5.75 Å². The maximum absolute atomic E-state index is 11.6. The Morgan fingerprint density at radius 3 is 2.79 bits per heavy atom. The molecule has 19 heavy (non-hydrogen) atoms. The number of hydrogen-bond donors (Lipinski definition) is 1. The van der Waals surface area contributed by atoms with Gasteiger partial charge in [-0.25, -0.2) is 0 Å². The van der Waals surface area contributed by atoms with Crippen molar-refractivity contribution in [1.29, 1.82) is 0 Å². The molecule has 0 radical (unpaired) electrons. The number of piperidine rings is 1. The van der Waals surface area contributed by atoms with Crippen LogP contribution in [-0.2, 0) is 4.79 Å². The third-order valence-electron chi connectivity index (χ3n) is 3.61. The molecular weight excluding hydrogens is 240 g/mol. The first-order valence-electron chi connectivity index (χ1n) is 6.95. The Balaban J connectivity index is 1.75. The van der Waals surface area contributed by atoms with Crippen LogP contribution in [0.2, 0.25) is 0 Å². The van der Waals surface area contributed by atoms with E-state index in [-0.39, 0.29) is 5.91 Å². The van der Waals surface area contributed by atoms with Gasteiger partial charge in [0.15, 0.2) is 0 Å². The van der Waals surface area contributed by atoms with Gasteiger partial charge in [-0.15, -0.1) is 0 Å². The monoisotopic (exact) mass is 262 g/mol. The molecule has 4 nitrogen and oxygen atoms in total. The molecule has 0 aliphatic carbocycles. The summed E-state index contributed by atoms with van der Waals surface area (Å²) >= 11 is 0. The van der Waals surface area contributed by atoms with Crippen molar-refractivity contribution in [2.24, 2.45) is 5.92 Å². The predicted octanol–water partition coefficient (Wildman–Crippen LogP) is 2.30. The summed E-state index contributed by atoms with van der Waals surface area (Å²) in [7, 11) is 0. The fourth-order valence-corrected chi connectivity index (χ4v) is 2.39. The summed E-state index contributed by atoms with van der Waals surface area (Å²) < 4.78 is 5.76. The molecule has 0 spiro atoms. The van der Waals surface area contributed by atoms with Gasteiger partial charge in [-0.1, -0.05) is 13.0 Å². The van der Waals surface area contributed by atoms with Crippen molar-refractivity contribution in [3.8, 4) is 5.75 Å². The maximum Gasteiger partial charge on any atom is 0.222 e. The van der Waals surface area contributed by atoms with Gasteiger partial charge < -0.3 is 15.4 Å². The van der Waals surface area contributed by atoms with Crippen LogP contribution in [0.5, 0.6) is 5.75 Å². The molecule has 1 amide bonds. The minimum Gasteiger partial charge on any atom is -0.493 e. The predicted molar refractivity (Wildman–Crippen MR) is 75.9 cm³/mol. The fraction of sp³-hybridized carbons (Fsp3) is 0.533. The van der Waals surface area contributed by atoms with Crippen molar-refractivity contribution in [2.75, 3.05) is 25.4 Å². The van der Waals surface area contributed by atoms with Crippen LogP contribution in [0.25, 0.3) is 0 Å². The Labute approximate surface area is 114 Å². The highest BCUT2D eigenvalue weighted by molar-refractivity contribution is 5.75. The number of carbonyl (C=O) groups is 1. The average Bonchev–Trinajstić information content (AvgIpc) is 2.45. The van der Waals surface area contributed by atoms with E-state index in [4.69, 9.17) is 10.5 Å². The Morgan fingerprint density at radius 2 is 2.16 bits per heavy atom. The van der Waals surface area contributed by atoms with Crippen LogP contribution in [0.15, 0.2) is 24.3 Å². The van der Waals surface area contributed by atoms with Crippen LogP contribution in [0, 0.1) is 5.92 Å². The normalized spacial score (nSPS) is 16.4. The van der Waals surface area contributed by atoms with Crippen molar-refractivity contribution in [3.63, 3.8) is 0 Å². The number of hydrogen-bond acceptors (Lipinski definition) is 3. The molecule has 1 fully saturated rings. The van der Waals surface area contributed by atoms with E-state index in [1.165, 1.54) is 0 Å². The number of likely N-dealkylation sites (tertiary alicyclic amines) is 1. The fourth-order valence-electron chi connectivity index (χ4n) is 2.39. The number of benzene rings is 1. The Bertz CT molecular complexity index is 426. The number of carbonyl (C=O) groups excluding carboxylic acids is 1. The zero-order valence-electron chi connectivity index (χ0n) is 11.5. The highest BCUT2D eigenvalue weighted by atomic mass is 16.5. The van der Waals surface area contributed by atoms with Crippen LogP contribution < -0.4 is 10.5 Å². The van der Waals surface area contributed by atoms with E-state index in [2.05, 4.69) is 0 Å². The van der Waals surface area contributed by atoms with E-state index in [9.17, 15) is 4.79 Å². The number of amides is 1. The first kappa shape index (κ1) is 13.7. The third kappa shape index (κ3) is 3.88. The zero-order chi connectivity index (χ0) is 13.7. The van der Waals surface area contributed by atoms with Crippen LogP contribution >= 0.6 is 0 Å². The molecule has 104 valence electrons. The lowest BCUT2D eigenvalue weighted by Gasteiger charge is -2.31. The smallest absolute Gasteiger partial charge is 0.222 e. The van der Waals surface area contributed by atoms with Crippen molar-refractivity contribution in [3.05, 3.63) is 24.3 Å². The van der Waals surface area contributed by atoms with Crippen molar-refractivity contribution in [1.82, 2.24) is 4.90 Å². The summed E-state index contributed by atoms with van der Waals surface area (Å²) in [6.45, 7) is 4.34. The Morgan fingerprint density at radius 1 is 1.42 bits per heavy atom. The minimum atomic E-state index is 0.259. The van der Waals surface area contributed by atoms with Gasteiger partial charge in [-0.3, -0.25) is 4.79 Å². The van der Waals surface area contributed by atoms with Crippen LogP contribution in [0.1, 0.15) is 26.2 Å². The van der Waals surface area contributed by atoms with Crippen molar-refractivity contribution < 1.29 is 9.53 Å². The van der Waals surface area contributed by atoms with Gasteiger partial charge in [0, 0.05) is 31.3 Å². The van der Waals surface area contributed by atoms with E-state index < -0.39 is 0 Å². The average molecular weight is 262 g/mol. The van der Waals surface area contributed by atoms with E-state index in [1.54, 1.807) is 0 Å². The summed E-state index contributed by atoms with van der Waals surface area (Å²) in [6, 6.07) is 7.51. The SMILES string of the molecule is CCC(=O)N1CCC(COc2cccc(N)c2)CC1. The molecule has 1 heterocycles. The number of rotatable bonds is 4. The maximum atomic E-state index is 11.6. The van der Waals surface area contributed by atoms with Gasteiger partial charge >= 0.3 is 0 Å². The number of nitrogens with two attached hydrogens (primary N) is 1. The molecule has 0 atom stereocenters. The third-order valence-corrected chi connectivity index (χ3v) is 3.61. The van der Waals surface area contributed by atoms with E-state index in [0.29, 0.717) is 18.9 Å². The van der Waals surface area contributed by atoms with E-state index >= 15 is 0 Å². The topological polar surface area (TPSA) is 55.6 Å². The van der Waals surface area contributed by atoms with Crippen molar-refractivity contribution >= 4 is 11.6 Å². The lowest BCUT2D eigenvalue weighted by Crippen LogP contribution is -2.39. The van der Waals surface area contributed by atoms with Gasteiger partial charge in [-0.05, 0) is 30.9 Å². The van der Waals surface area contributed by atoms with Gasteiger partial charge in [0.2, 0.25) is 5.91 Å². The van der Waals surface area contributed by atoms with Gasteiger partial charge in [0.25, 0.3) is 0 Å². The summed E-state index contributed by atoms with van der Waals surface area (Å²) in [5, 5.41) is 0. The second-order valence-corrected chi connectivity index (χ2v) is 5.06. The first-order valence-corrected chi connectivity index (χ1v) is 6.95. The Hall–Kier alpha value is -1.71. The molecule has 1 aliphatic heterocycles. The number of nitrogens with zero attached hydrogens (tertiary/aromatic N) is 1. The molecule has 0 aromatic heterocycles. The molecular formula is C15H22N2O2. The molecule has 2 N–H and O–H groups in total.